The first-order chi connectivity index (χ1) is 9.75. The van der Waals surface area contributed by atoms with Crippen molar-refractivity contribution in [1.29, 1.82) is 0 Å². The Labute approximate surface area is 123 Å². The van der Waals surface area contributed by atoms with E-state index in [-0.39, 0.29) is 11.8 Å². The zero-order valence-electron chi connectivity index (χ0n) is 12.9. The molecular weight excluding hydrogens is 252 g/mol. The number of nitrogens with zero attached hydrogens (tertiary/aromatic N) is 1. The standard InChI is InChI=1S/C16H30N2O2/c1-18-11-5-7-14(13-18)16(19)17-10-6-12-20-15-8-3-2-4-9-15/h14-15H,2-13H2,1H3,(H,17,19). The third-order valence-corrected chi connectivity index (χ3v) is 4.52. The zero-order chi connectivity index (χ0) is 14.2. The molecule has 1 aliphatic heterocycles. The molecule has 0 spiro atoms. The summed E-state index contributed by atoms with van der Waals surface area (Å²) in [5.41, 5.74) is 0. The minimum Gasteiger partial charge on any atom is -0.378 e. The highest BCUT2D eigenvalue weighted by molar-refractivity contribution is 5.78. The minimum absolute atomic E-state index is 0.188. The maximum atomic E-state index is 12.0. The number of piperidine rings is 1. The number of rotatable bonds is 6. The first-order valence-electron chi connectivity index (χ1n) is 8.33. The molecule has 1 heterocycles. The normalized spacial score (nSPS) is 25.6. The van der Waals surface area contributed by atoms with Crippen LogP contribution in [0.15, 0.2) is 0 Å². The highest BCUT2D eigenvalue weighted by Crippen LogP contribution is 2.20. The van der Waals surface area contributed by atoms with Crippen molar-refractivity contribution in [1.82, 2.24) is 10.2 Å². The second-order valence-corrected chi connectivity index (χ2v) is 6.38. The molecule has 2 fully saturated rings. The molecule has 0 aromatic carbocycles. The number of carbonyl (C=O) groups excluding carboxylic acids is 1. The van der Waals surface area contributed by atoms with Crippen molar-refractivity contribution in [2.75, 3.05) is 33.3 Å². The summed E-state index contributed by atoms with van der Waals surface area (Å²) in [6.45, 7) is 3.57. The average molecular weight is 282 g/mol. The fourth-order valence-electron chi connectivity index (χ4n) is 3.29. The van der Waals surface area contributed by atoms with Crippen molar-refractivity contribution < 1.29 is 9.53 Å². The Hall–Kier alpha value is -0.610. The smallest absolute Gasteiger partial charge is 0.224 e. The topological polar surface area (TPSA) is 41.6 Å². The van der Waals surface area contributed by atoms with Crippen molar-refractivity contribution in [2.24, 2.45) is 5.92 Å². The molecule has 1 amide bonds. The number of ether oxygens (including phenoxy) is 1. The van der Waals surface area contributed by atoms with Crippen LogP contribution in [-0.4, -0.2) is 50.2 Å². The lowest BCUT2D eigenvalue weighted by Crippen LogP contribution is -2.41. The van der Waals surface area contributed by atoms with Crippen LogP contribution in [0, 0.1) is 5.92 Å². The first-order valence-corrected chi connectivity index (χ1v) is 8.33. The van der Waals surface area contributed by atoms with Crippen LogP contribution in [0.2, 0.25) is 0 Å². The number of hydrogen-bond donors (Lipinski definition) is 1. The third-order valence-electron chi connectivity index (χ3n) is 4.52. The molecule has 0 bridgehead atoms. The van der Waals surface area contributed by atoms with Gasteiger partial charge >= 0.3 is 0 Å². The molecule has 1 N–H and O–H groups in total. The molecule has 0 aromatic heterocycles. The van der Waals surface area contributed by atoms with Crippen LogP contribution in [0.1, 0.15) is 51.4 Å². The summed E-state index contributed by atoms with van der Waals surface area (Å²) < 4.78 is 5.87. The Balaban J connectivity index is 1.50. The maximum Gasteiger partial charge on any atom is 0.224 e. The summed E-state index contributed by atoms with van der Waals surface area (Å²) in [5.74, 6) is 0.419. The van der Waals surface area contributed by atoms with Gasteiger partial charge in [0.15, 0.2) is 0 Å². The zero-order valence-corrected chi connectivity index (χ0v) is 12.9. The highest BCUT2D eigenvalue weighted by Gasteiger charge is 2.23. The van der Waals surface area contributed by atoms with Gasteiger partial charge in [-0.15, -0.1) is 0 Å². The largest absolute Gasteiger partial charge is 0.378 e. The lowest BCUT2D eigenvalue weighted by molar-refractivity contribution is -0.126. The van der Waals surface area contributed by atoms with Crippen LogP contribution in [0.5, 0.6) is 0 Å². The number of amides is 1. The van der Waals surface area contributed by atoms with Crippen molar-refractivity contribution in [3.63, 3.8) is 0 Å². The van der Waals surface area contributed by atoms with Gasteiger partial charge in [0.05, 0.1) is 12.0 Å². The first kappa shape index (κ1) is 15.8. The van der Waals surface area contributed by atoms with Gasteiger partial charge in [0.25, 0.3) is 0 Å². The van der Waals surface area contributed by atoms with E-state index in [1.165, 1.54) is 32.1 Å². The Morgan fingerprint density at radius 1 is 1.20 bits per heavy atom. The summed E-state index contributed by atoms with van der Waals surface area (Å²) >= 11 is 0. The molecule has 4 heteroatoms. The predicted octanol–water partition coefficient (Wildman–Crippen LogP) is 2.18. The molecule has 2 rings (SSSR count). The van der Waals surface area contributed by atoms with E-state index in [4.69, 9.17) is 4.74 Å². The van der Waals surface area contributed by atoms with Crippen molar-refractivity contribution >= 4 is 5.91 Å². The van der Waals surface area contributed by atoms with E-state index in [0.717, 1.165) is 45.5 Å². The molecular formula is C16H30N2O2. The Bertz CT molecular complexity index is 290. The van der Waals surface area contributed by atoms with Gasteiger partial charge in [-0.25, -0.2) is 0 Å². The lowest BCUT2D eigenvalue weighted by Gasteiger charge is -2.28. The SMILES string of the molecule is CN1CCCC(C(=O)NCCCOC2CCCCC2)C1. The molecule has 0 aromatic rings. The predicted molar refractivity (Wildman–Crippen MR) is 80.7 cm³/mol. The second-order valence-electron chi connectivity index (χ2n) is 6.38. The Morgan fingerprint density at radius 2 is 2.00 bits per heavy atom. The Morgan fingerprint density at radius 3 is 2.75 bits per heavy atom. The summed E-state index contributed by atoms with van der Waals surface area (Å²) in [6.07, 6.45) is 10.0. The van der Waals surface area contributed by atoms with Gasteiger partial charge < -0.3 is 15.0 Å². The van der Waals surface area contributed by atoms with E-state index in [9.17, 15) is 4.79 Å². The van der Waals surface area contributed by atoms with Gasteiger partial charge in [0, 0.05) is 19.7 Å². The summed E-state index contributed by atoms with van der Waals surface area (Å²) in [7, 11) is 2.09. The van der Waals surface area contributed by atoms with Crippen LogP contribution in [0.25, 0.3) is 0 Å². The molecule has 116 valence electrons. The van der Waals surface area contributed by atoms with Crippen molar-refractivity contribution in [3.05, 3.63) is 0 Å². The molecule has 1 atom stereocenters. The number of nitrogens with one attached hydrogen (secondary N) is 1. The summed E-state index contributed by atoms with van der Waals surface area (Å²) in [6, 6.07) is 0. The maximum absolute atomic E-state index is 12.0. The number of carbonyl (C=O) groups is 1. The van der Waals surface area contributed by atoms with Gasteiger partial charge in [-0.1, -0.05) is 19.3 Å². The van der Waals surface area contributed by atoms with E-state index >= 15 is 0 Å². The van der Waals surface area contributed by atoms with Gasteiger partial charge in [0.2, 0.25) is 5.91 Å². The van der Waals surface area contributed by atoms with Gasteiger partial charge in [-0.2, -0.15) is 0 Å². The molecule has 1 aliphatic carbocycles. The monoisotopic (exact) mass is 282 g/mol. The van der Waals surface area contributed by atoms with Crippen LogP contribution < -0.4 is 5.32 Å². The molecule has 1 saturated carbocycles. The molecule has 1 saturated heterocycles. The number of hydrogen-bond acceptors (Lipinski definition) is 3. The van der Waals surface area contributed by atoms with E-state index in [1.807, 2.05) is 0 Å². The highest BCUT2D eigenvalue weighted by atomic mass is 16.5. The fraction of sp³-hybridized carbons (Fsp3) is 0.938. The molecule has 0 radical (unpaired) electrons. The van der Waals surface area contributed by atoms with Crippen LogP contribution in [0.4, 0.5) is 0 Å². The summed E-state index contributed by atoms with van der Waals surface area (Å²) in [4.78, 5) is 14.3. The average Bonchev–Trinajstić information content (AvgIpc) is 2.48. The lowest BCUT2D eigenvalue weighted by atomic mass is 9.97. The van der Waals surface area contributed by atoms with Crippen LogP contribution in [-0.2, 0) is 9.53 Å². The van der Waals surface area contributed by atoms with Crippen LogP contribution >= 0.6 is 0 Å². The molecule has 2 aliphatic rings. The molecule has 20 heavy (non-hydrogen) atoms. The quantitative estimate of drug-likeness (QED) is 0.759. The third kappa shape index (κ3) is 5.41. The van der Waals surface area contributed by atoms with E-state index in [2.05, 4.69) is 17.3 Å². The van der Waals surface area contributed by atoms with E-state index < -0.39 is 0 Å². The second kappa shape index (κ2) is 8.63. The van der Waals surface area contributed by atoms with Gasteiger partial charge in [-0.3, -0.25) is 4.79 Å². The fourth-order valence-corrected chi connectivity index (χ4v) is 3.29. The van der Waals surface area contributed by atoms with E-state index in [1.54, 1.807) is 0 Å². The van der Waals surface area contributed by atoms with Crippen molar-refractivity contribution in [3.8, 4) is 0 Å². The van der Waals surface area contributed by atoms with Crippen molar-refractivity contribution in [2.45, 2.75) is 57.5 Å². The molecule has 1 unspecified atom stereocenters. The van der Waals surface area contributed by atoms with Gasteiger partial charge in [-0.05, 0) is 45.7 Å². The van der Waals surface area contributed by atoms with Crippen LogP contribution in [0.3, 0.4) is 0 Å². The molecule has 4 nitrogen and oxygen atoms in total. The van der Waals surface area contributed by atoms with Gasteiger partial charge in [0.1, 0.15) is 0 Å². The Kier molecular flexibility index (Phi) is 6.80. The minimum atomic E-state index is 0.188. The number of likely N-dealkylation sites (tertiary alicyclic amines) is 1. The van der Waals surface area contributed by atoms with E-state index in [0.29, 0.717) is 6.10 Å². The summed E-state index contributed by atoms with van der Waals surface area (Å²) in [5, 5.41) is 3.07.